The summed E-state index contributed by atoms with van der Waals surface area (Å²) in [6, 6.07) is 59.1. The third-order valence-electron chi connectivity index (χ3n) is 8.04. The van der Waals surface area contributed by atoms with E-state index >= 15 is 0 Å². The van der Waals surface area contributed by atoms with E-state index < -0.39 is 0 Å². The molecule has 0 aliphatic heterocycles. The number of rotatable bonds is 5. The third-order valence-corrected chi connectivity index (χ3v) is 9.17. The lowest BCUT2D eigenvalue weighted by molar-refractivity contribution is 1.30. The van der Waals surface area contributed by atoms with E-state index in [1.165, 1.54) is 58.9 Å². The molecular formula is C40H27NS. The van der Waals surface area contributed by atoms with Crippen molar-refractivity contribution in [3.63, 3.8) is 0 Å². The summed E-state index contributed by atoms with van der Waals surface area (Å²) in [7, 11) is 0. The Morgan fingerprint density at radius 2 is 1.02 bits per heavy atom. The van der Waals surface area contributed by atoms with Crippen molar-refractivity contribution in [2.75, 3.05) is 4.90 Å². The third kappa shape index (κ3) is 4.25. The topological polar surface area (TPSA) is 3.24 Å². The monoisotopic (exact) mass is 553 g/mol. The van der Waals surface area contributed by atoms with Gasteiger partial charge in [0, 0.05) is 31.5 Å². The van der Waals surface area contributed by atoms with Gasteiger partial charge in [-0.3, -0.25) is 0 Å². The molecule has 0 spiro atoms. The minimum atomic E-state index is 1.14. The van der Waals surface area contributed by atoms with E-state index in [9.17, 15) is 0 Å². The highest BCUT2D eigenvalue weighted by Crippen LogP contribution is 2.45. The Bertz CT molecular complexity index is 2200. The number of anilines is 3. The molecule has 0 aliphatic rings. The van der Waals surface area contributed by atoms with E-state index in [1.54, 1.807) is 0 Å². The molecule has 0 fully saturated rings. The Balaban J connectivity index is 1.29. The van der Waals surface area contributed by atoms with Crippen LogP contribution in [0.1, 0.15) is 0 Å². The molecule has 0 amide bonds. The molecule has 8 rings (SSSR count). The van der Waals surface area contributed by atoms with Crippen LogP contribution in [0.25, 0.3) is 53.2 Å². The summed E-state index contributed by atoms with van der Waals surface area (Å²) in [5.41, 5.74) is 8.35. The Morgan fingerprint density at radius 1 is 0.405 bits per heavy atom. The van der Waals surface area contributed by atoms with E-state index in [0.717, 1.165) is 11.4 Å². The minimum Gasteiger partial charge on any atom is -0.310 e. The van der Waals surface area contributed by atoms with Gasteiger partial charge in [0.15, 0.2) is 0 Å². The summed E-state index contributed by atoms with van der Waals surface area (Å²) >= 11 is 1.86. The summed E-state index contributed by atoms with van der Waals surface area (Å²) in [4.78, 5) is 2.40. The molecule has 8 aromatic rings. The molecule has 0 atom stereocenters. The Hall–Kier alpha value is -5.18. The van der Waals surface area contributed by atoms with E-state index in [0.29, 0.717) is 0 Å². The summed E-state index contributed by atoms with van der Waals surface area (Å²) in [6.07, 6.45) is 0. The van der Waals surface area contributed by atoms with Crippen LogP contribution in [-0.2, 0) is 0 Å². The zero-order valence-electron chi connectivity index (χ0n) is 22.9. The molecule has 0 unspecified atom stereocenters. The maximum Gasteiger partial charge on any atom is 0.0554 e. The smallest absolute Gasteiger partial charge is 0.0554 e. The highest BCUT2D eigenvalue weighted by Gasteiger charge is 2.18. The largest absolute Gasteiger partial charge is 0.310 e. The Kier molecular flexibility index (Phi) is 6.05. The van der Waals surface area contributed by atoms with Gasteiger partial charge in [-0.1, -0.05) is 115 Å². The van der Waals surface area contributed by atoms with E-state index in [1.807, 2.05) is 11.3 Å². The van der Waals surface area contributed by atoms with Crippen LogP contribution in [0.5, 0.6) is 0 Å². The van der Waals surface area contributed by atoms with Crippen molar-refractivity contribution in [2.45, 2.75) is 0 Å². The standard InChI is InChI=1S/C40H27NS/c1-2-17-32(18-3-1)41(37-23-11-25-39-40(37)36-21-6-7-24-38(36)42-39)33-19-9-15-30(27-33)29-14-8-16-31(26-29)35-22-10-13-28-12-4-5-20-34(28)35/h1-27H. The molecule has 42 heavy (non-hydrogen) atoms. The van der Waals surface area contributed by atoms with Crippen molar-refractivity contribution in [2.24, 2.45) is 0 Å². The van der Waals surface area contributed by atoms with E-state index in [-0.39, 0.29) is 0 Å². The summed E-state index contributed by atoms with van der Waals surface area (Å²) in [5.74, 6) is 0. The quantitative estimate of drug-likeness (QED) is 0.205. The van der Waals surface area contributed by atoms with Gasteiger partial charge in [0.1, 0.15) is 0 Å². The molecule has 0 radical (unpaired) electrons. The van der Waals surface area contributed by atoms with Crippen LogP contribution in [0.2, 0.25) is 0 Å². The molecule has 0 bridgehead atoms. The summed E-state index contributed by atoms with van der Waals surface area (Å²) in [5, 5.41) is 5.13. The normalized spacial score (nSPS) is 11.3. The highest BCUT2D eigenvalue weighted by atomic mass is 32.1. The van der Waals surface area contributed by atoms with Gasteiger partial charge in [-0.15, -0.1) is 11.3 Å². The molecule has 2 heteroatoms. The number of para-hydroxylation sites is 1. The molecule has 1 nitrogen and oxygen atoms in total. The molecule has 1 heterocycles. The van der Waals surface area contributed by atoms with Crippen LogP contribution >= 0.6 is 11.3 Å². The Morgan fingerprint density at radius 3 is 1.93 bits per heavy atom. The van der Waals surface area contributed by atoms with Gasteiger partial charge >= 0.3 is 0 Å². The van der Waals surface area contributed by atoms with Crippen LogP contribution < -0.4 is 4.90 Å². The molecule has 0 aliphatic carbocycles. The first kappa shape index (κ1) is 24.6. The molecular weight excluding hydrogens is 527 g/mol. The number of hydrogen-bond donors (Lipinski definition) is 0. The fourth-order valence-electron chi connectivity index (χ4n) is 6.11. The minimum absolute atomic E-state index is 1.14. The lowest BCUT2D eigenvalue weighted by Gasteiger charge is -2.27. The second-order valence-electron chi connectivity index (χ2n) is 10.6. The Labute approximate surface area is 249 Å². The average molecular weight is 554 g/mol. The first-order valence-electron chi connectivity index (χ1n) is 14.3. The van der Waals surface area contributed by atoms with Crippen molar-refractivity contribution >= 4 is 59.3 Å². The number of fused-ring (bicyclic) bond motifs is 4. The fourth-order valence-corrected chi connectivity index (χ4v) is 7.24. The number of hydrogen-bond acceptors (Lipinski definition) is 2. The zero-order valence-corrected chi connectivity index (χ0v) is 23.8. The van der Waals surface area contributed by atoms with Crippen LogP contribution in [-0.4, -0.2) is 0 Å². The van der Waals surface area contributed by atoms with Gasteiger partial charge in [-0.05, 0) is 81.6 Å². The molecule has 7 aromatic carbocycles. The first-order chi connectivity index (χ1) is 20.8. The van der Waals surface area contributed by atoms with Gasteiger partial charge in [0.2, 0.25) is 0 Å². The van der Waals surface area contributed by atoms with Gasteiger partial charge in [0.05, 0.1) is 5.69 Å². The number of benzene rings is 7. The lowest BCUT2D eigenvalue weighted by Crippen LogP contribution is -2.10. The second-order valence-corrected chi connectivity index (χ2v) is 11.7. The average Bonchev–Trinajstić information content (AvgIpc) is 3.45. The van der Waals surface area contributed by atoms with E-state index in [4.69, 9.17) is 0 Å². The van der Waals surface area contributed by atoms with Crippen LogP contribution in [0.3, 0.4) is 0 Å². The van der Waals surface area contributed by atoms with Crippen molar-refractivity contribution in [3.05, 3.63) is 164 Å². The number of nitrogens with zero attached hydrogens (tertiary/aromatic N) is 1. The highest BCUT2D eigenvalue weighted by molar-refractivity contribution is 7.26. The second kappa shape index (κ2) is 10.3. The fraction of sp³-hybridized carbons (Fsp3) is 0. The zero-order chi connectivity index (χ0) is 27.9. The van der Waals surface area contributed by atoms with E-state index in [2.05, 4.69) is 169 Å². The van der Waals surface area contributed by atoms with Crippen molar-refractivity contribution in [1.29, 1.82) is 0 Å². The van der Waals surface area contributed by atoms with Gasteiger partial charge in [0.25, 0.3) is 0 Å². The van der Waals surface area contributed by atoms with Crippen LogP contribution in [0.15, 0.2) is 164 Å². The molecule has 1 aromatic heterocycles. The van der Waals surface area contributed by atoms with Crippen molar-refractivity contribution < 1.29 is 0 Å². The van der Waals surface area contributed by atoms with Gasteiger partial charge < -0.3 is 4.90 Å². The van der Waals surface area contributed by atoms with Crippen molar-refractivity contribution in [3.8, 4) is 22.3 Å². The summed E-state index contributed by atoms with van der Waals surface area (Å²) in [6.45, 7) is 0. The number of thiophene rings is 1. The molecule has 0 saturated carbocycles. The lowest BCUT2D eigenvalue weighted by atomic mass is 9.95. The van der Waals surface area contributed by atoms with Crippen LogP contribution in [0, 0.1) is 0 Å². The van der Waals surface area contributed by atoms with Crippen LogP contribution in [0.4, 0.5) is 17.1 Å². The molecule has 0 N–H and O–H groups in total. The maximum absolute atomic E-state index is 2.40. The predicted octanol–water partition coefficient (Wildman–Crippen LogP) is 12.0. The van der Waals surface area contributed by atoms with Gasteiger partial charge in [-0.25, -0.2) is 0 Å². The predicted molar refractivity (Wildman–Crippen MR) is 182 cm³/mol. The van der Waals surface area contributed by atoms with Gasteiger partial charge in [-0.2, -0.15) is 0 Å². The summed E-state index contributed by atoms with van der Waals surface area (Å²) < 4.78 is 2.61. The first-order valence-corrected chi connectivity index (χ1v) is 15.1. The van der Waals surface area contributed by atoms with Crippen molar-refractivity contribution in [1.82, 2.24) is 0 Å². The SMILES string of the molecule is c1ccc(N(c2cccc(-c3cccc(-c4cccc5ccccc45)c3)c2)c2cccc3sc4ccccc4c23)cc1. The molecule has 0 saturated heterocycles. The molecule has 198 valence electrons. The maximum atomic E-state index is 2.40.